The number of allylic oxidation sites excluding steroid dienone is 2. The van der Waals surface area contributed by atoms with Gasteiger partial charge in [-0.05, 0) is 132 Å². The molecule has 0 amide bonds. The number of Topliss-reactive ketones (excluding diaryl/α,β-unsaturated/α-hetero) is 2. The fraction of sp³-hybridized carbons (Fsp3) is 0.589. The second-order valence-corrected chi connectivity index (χ2v) is 27.4. The fourth-order valence-corrected chi connectivity index (χ4v) is 13.6. The van der Waals surface area contributed by atoms with Gasteiger partial charge in [-0.3, -0.25) is 19.2 Å². The Hall–Kier alpha value is -6.86. The number of hydrogen-bond donors (Lipinski definition) is 13. The first-order chi connectivity index (χ1) is 48.6. The van der Waals surface area contributed by atoms with E-state index in [9.17, 15) is 80.8 Å². The summed E-state index contributed by atoms with van der Waals surface area (Å²) in [4.78, 5) is 52.8. The highest BCUT2D eigenvalue weighted by Crippen LogP contribution is 2.48. The van der Waals surface area contributed by atoms with E-state index in [1.165, 1.54) is 85.4 Å². The monoisotopic (exact) mass is 1450 g/mol. The van der Waals surface area contributed by atoms with E-state index in [0.29, 0.717) is 22.6 Å². The van der Waals surface area contributed by atoms with Crippen LogP contribution in [0.3, 0.4) is 0 Å². The van der Waals surface area contributed by atoms with Gasteiger partial charge in [0.2, 0.25) is 6.29 Å². The molecule has 0 unspecified atom stereocenters. The van der Waals surface area contributed by atoms with Crippen molar-refractivity contribution in [3.63, 3.8) is 0 Å². The third-order valence-corrected chi connectivity index (χ3v) is 19.6. The van der Waals surface area contributed by atoms with Crippen LogP contribution in [0.1, 0.15) is 120 Å². The van der Waals surface area contributed by atoms with Crippen molar-refractivity contribution in [1.29, 1.82) is 0 Å². The van der Waals surface area contributed by atoms with E-state index in [0.717, 1.165) is 0 Å². The first-order valence-corrected chi connectivity index (χ1v) is 34.1. The van der Waals surface area contributed by atoms with Gasteiger partial charge in [-0.2, -0.15) is 0 Å². The number of aromatic hydroxyl groups is 4. The lowest BCUT2D eigenvalue weighted by Gasteiger charge is -2.46. The smallest absolute Gasteiger partial charge is 0.202 e. The average Bonchev–Trinajstić information content (AvgIpc) is 0.791. The summed E-state index contributed by atoms with van der Waals surface area (Å²) in [5, 5.41) is 139. The molecule has 5 fully saturated rings. The Labute approximate surface area is 594 Å². The van der Waals surface area contributed by atoms with Gasteiger partial charge in [0, 0.05) is 50.7 Å². The van der Waals surface area contributed by atoms with Crippen molar-refractivity contribution in [2.75, 3.05) is 21.3 Å². The molecule has 13 N–H and O–H groups in total. The van der Waals surface area contributed by atoms with E-state index in [1.54, 1.807) is 64.1 Å². The van der Waals surface area contributed by atoms with Crippen molar-refractivity contribution in [2.45, 2.75) is 247 Å². The molecule has 30 nitrogen and oxygen atoms in total. The molecule has 5 heterocycles. The maximum atomic E-state index is 15.0. The van der Waals surface area contributed by atoms with E-state index in [1.807, 2.05) is 0 Å². The maximum Gasteiger partial charge on any atom is 0.202 e. The lowest BCUT2D eigenvalue weighted by atomic mass is 9.75. The Morgan fingerprint density at radius 2 is 1.07 bits per heavy atom. The molecule has 4 aromatic rings. The molecule has 5 aliphatic heterocycles. The van der Waals surface area contributed by atoms with Gasteiger partial charge in [-0.1, -0.05) is 24.3 Å². The number of aliphatic hydroxyl groups is 9. The summed E-state index contributed by atoms with van der Waals surface area (Å²) in [5.74, 6) is -4.15. The summed E-state index contributed by atoms with van der Waals surface area (Å²) in [6.45, 7) is 12.1. The second-order valence-electron chi connectivity index (χ2n) is 27.4. The predicted octanol–water partition coefficient (Wildman–Crippen LogP) is 3.12. The van der Waals surface area contributed by atoms with Crippen LogP contribution in [-0.4, -0.2) is 258 Å². The molecular weight excluding hydrogens is 1360 g/mol. The Morgan fingerprint density at radius 1 is 0.602 bits per heavy atom. The molecule has 4 aromatic carbocycles. The zero-order valence-corrected chi connectivity index (χ0v) is 59.0. The highest BCUT2D eigenvalue weighted by Gasteiger charge is 2.52. The van der Waals surface area contributed by atoms with Crippen LogP contribution in [0, 0.1) is 12.8 Å². The molecule has 25 atom stereocenters. The summed E-state index contributed by atoms with van der Waals surface area (Å²) in [6, 6.07) is 12.4. The Kier molecular flexibility index (Phi) is 26.6. The highest BCUT2D eigenvalue weighted by molar-refractivity contribution is 6.12. The molecule has 0 saturated carbocycles. The summed E-state index contributed by atoms with van der Waals surface area (Å²) in [7, 11) is 4.05. The largest absolute Gasteiger partial charge is 0.507 e. The molecule has 0 bridgehead atoms. The number of carbonyl (C=O) groups is 4. The van der Waals surface area contributed by atoms with Crippen molar-refractivity contribution >= 4 is 46.1 Å². The zero-order chi connectivity index (χ0) is 75.4. The van der Waals surface area contributed by atoms with Crippen molar-refractivity contribution in [3.8, 4) is 40.2 Å². The van der Waals surface area contributed by atoms with Gasteiger partial charge in [0.05, 0.1) is 98.2 Å². The van der Waals surface area contributed by atoms with Gasteiger partial charge in [0.25, 0.3) is 0 Å². The molecule has 0 aromatic heterocycles. The fourth-order valence-electron chi connectivity index (χ4n) is 13.6. The zero-order valence-electron chi connectivity index (χ0n) is 59.0. The first-order valence-electron chi connectivity index (χ1n) is 34.1. The van der Waals surface area contributed by atoms with Gasteiger partial charge in [-0.15, -0.1) is 0 Å². The molecule has 568 valence electrons. The number of fused-ring (bicyclic) bond motifs is 2. The molecule has 1 aliphatic carbocycles. The van der Waals surface area contributed by atoms with Crippen molar-refractivity contribution in [2.24, 2.45) is 5.92 Å². The summed E-state index contributed by atoms with van der Waals surface area (Å²) < 4.78 is 76.5. The molecular formula is C73H96O30. The number of aliphatic hydroxyl groups excluding tert-OH is 8. The van der Waals surface area contributed by atoms with Gasteiger partial charge in [-0.25, -0.2) is 0 Å². The summed E-state index contributed by atoms with van der Waals surface area (Å²) in [5.41, 5.74) is -0.144. The molecule has 0 spiro atoms. The van der Waals surface area contributed by atoms with Gasteiger partial charge >= 0.3 is 0 Å². The van der Waals surface area contributed by atoms with Crippen LogP contribution in [-0.2, 0) is 68.2 Å². The molecule has 6 aliphatic rings. The van der Waals surface area contributed by atoms with E-state index in [4.69, 9.17) is 61.6 Å². The number of rotatable bonds is 23. The maximum absolute atomic E-state index is 15.0. The lowest BCUT2D eigenvalue weighted by Crippen LogP contribution is -2.58. The summed E-state index contributed by atoms with van der Waals surface area (Å²) >= 11 is 0. The Morgan fingerprint density at radius 3 is 1.55 bits per heavy atom. The number of hydrogen-bond acceptors (Lipinski definition) is 30. The minimum absolute atomic E-state index is 0.00662. The van der Waals surface area contributed by atoms with Gasteiger partial charge in [0.1, 0.15) is 66.1 Å². The number of carbonyl (C=O) groups excluding carboxylic acids is 4. The minimum Gasteiger partial charge on any atom is -0.507 e. The molecule has 10 rings (SSSR count). The third kappa shape index (κ3) is 18.7. The van der Waals surface area contributed by atoms with Crippen LogP contribution in [0.25, 0.3) is 22.9 Å². The number of methoxy groups -OCH3 is 3. The van der Waals surface area contributed by atoms with Crippen LogP contribution in [0.2, 0.25) is 0 Å². The summed E-state index contributed by atoms with van der Waals surface area (Å²) in [6.07, 6.45) is -21.6. The topological polar surface area (TPSA) is 451 Å². The van der Waals surface area contributed by atoms with Crippen LogP contribution < -0.4 is 14.2 Å². The first kappa shape index (κ1) is 80.2. The number of benzene rings is 4. The minimum atomic E-state index is -1.95. The van der Waals surface area contributed by atoms with Crippen molar-refractivity contribution < 1.29 is 147 Å². The van der Waals surface area contributed by atoms with E-state index in [2.05, 4.69) is 0 Å². The van der Waals surface area contributed by atoms with E-state index < -0.39 is 176 Å². The predicted molar refractivity (Wildman–Crippen MR) is 361 cm³/mol. The van der Waals surface area contributed by atoms with E-state index >= 15 is 4.79 Å². The van der Waals surface area contributed by atoms with E-state index in [-0.39, 0.29) is 101 Å². The highest BCUT2D eigenvalue weighted by atomic mass is 16.7. The third-order valence-electron chi connectivity index (χ3n) is 19.6. The van der Waals surface area contributed by atoms with Crippen LogP contribution in [0.5, 0.6) is 40.2 Å². The second kappa shape index (κ2) is 34.1. The normalized spacial score (nSPS) is 34.3. The average molecular weight is 1450 g/mol. The Bertz CT molecular complexity index is 3600. The lowest BCUT2D eigenvalue weighted by molar-refractivity contribution is -0.334. The number of ketones is 4. The molecule has 103 heavy (non-hydrogen) atoms. The van der Waals surface area contributed by atoms with Crippen molar-refractivity contribution in [3.05, 3.63) is 88.5 Å². The Balaban J connectivity index is 0.000000382. The molecule has 30 heteroatoms. The number of ether oxygens (including phenoxy) is 13. The van der Waals surface area contributed by atoms with Crippen LogP contribution in [0.4, 0.5) is 0 Å². The van der Waals surface area contributed by atoms with Gasteiger partial charge in [0.15, 0.2) is 71.3 Å². The van der Waals surface area contributed by atoms with Gasteiger partial charge < -0.3 is 128 Å². The molecule has 5 saturated heterocycles. The quantitative estimate of drug-likeness (QED) is 0.0375. The number of phenols is 4. The number of phenolic OH excluding ortho intramolecular Hbond substituents is 4. The van der Waals surface area contributed by atoms with Crippen molar-refractivity contribution in [1.82, 2.24) is 0 Å². The molecule has 0 radical (unpaired) electrons. The van der Waals surface area contributed by atoms with Crippen LogP contribution >= 0.6 is 0 Å². The standard InChI is InChI=1S/C52H76O24.C21H20O6/c1-18-29(72-34-14-30(43(58)21(4)68-34)73-33-13-28(54)42(57)20(3)67-33)12-26-10-25-11-27(49(66-9)48(63)41(56)19(2)53)50(47(62)39(25)46(61)38(26)40(18)55)76-36-16-31(44(59)23(6)70-36)74-35-15-32(45(60)22(5)69-35)75-37-17-52(8,65)51(64)24(7)71-37;1-26-20-11-14(5-9-18(20)24)3-7-16(22)13-17(23)8-4-15-6-10-19(25)21(12-15)27-2/h10,12,19-24,27-28,30-37,41-45,49-51,53-61,64-65H,11,13-17H2,1-9H3;3-12,24-25H,13H2,1-2H3/b;7-3+,8-4+/t19-,20-,21-,22-,23-,24-,27+,28-,30-,31-,32-,33+,34+,35+,36+,37+,41+,42-,43-,44-,45+,49+,50+,51-,52+;/m1./s1. The SMILES string of the molecule is CO[C@H](C(=O)[C@@H](O)[C@@H](C)O)[C@@H]1Cc2cc3cc(O[C@H]4C[C@@H](O[C@H]5C[C@@H](O)[C@H](O)[C@@H](C)O5)[C@H](O)[C@@H](C)O4)c(C)c(O)c3c(O)c2C(=O)[C@H]1O[C@H]1C[C@@H](O[C@H]2C[C@@H](O[C@H]3C[C@](C)(O)[C@H](O)[C@@H](C)O3)[C@@H](O)[C@@H](C)O2)[C@H](O)[C@@H](C)O1.COc1cc(/C=C/C(=O)CC(=O)/C=C/c2ccc(O)c(OC)c2)ccc1O. The van der Waals surface area contributed by atoms with Crippen LogP contribution in [0.15, 0.2) is 60.7 Å².